The summed E-state index contributed by atoms with van der Waals surface area (Å²) in [7, 11) is -3.40. The molecule has 0 radical (unpaired) electrons. The fourth-order valence-corrected chi connectivity index (χ4v) is 4.86. The molecule has 2 saturated carbocycles. The molecule has 0 amide bonds. The van der Waals surface area contributed by atoms with Crippen LogP contribution in [0.3, 0.4) is 0 Å². The van der Waals surface area contributed by atoms with Crippen molar-refractivity contribution in [2.75, 3.05) is 6.61 Å². The second kappa shape index (κ2) is 5.37. The van der Waals surface area contributed by atoms with Gasteiger partial charge in [-0.3, -0.25) is 0 Å². The van der Waals surface area contributed by atoms with Crippen LogP contribution in [0.1, 0.15) is 32.6 Å². The van der Waals surface area contributed by atoms with Gasteiger partial charge in [-0.05, 0) is 62.3 Å². The van der Waals surface area contributed by atoms with Crippen molar-refractivity contribution in [3.05, 3.63) is 24.3 Å². The van der Waals surface area contributed by atoms with E-state index in [0.29, 0.717) is 23.2 Å². The summed E-state index contributed by atoms with van der Waals surface area (Å²) < 4.78 is 33.0. The van der Waals surface area contributed by atoms with Crippen molar-refractivity contribution in [2.24, 2.45) is 11.8 Å². The highest BCUT2D eigenvalue weighted by Gasteiger charge is 2.41. The Labute approximate surface area is 120 Å². The lowest BCUT2D eigenvalue weighted by Crippen LogP contribution is -2.38. The Morgan fingerprint density at radius 2 is 1.95 bits per heavy atom. The van der Waals surface area contributed by atoms with Gasteiger partial charge in [0.15, 0.2) is 0 Å². The maximum atomic E-state index is 12.4. The molecule has 110 valence electrons. The first-order chi connectivity index (χ1) is 9.58. The Hall–Kier alpha value is -1.07. The number of sulfonamides is 1. The monoisotopic (exact) mass is 295 g/mol. The van der Waals surface area contributed by atoms with E-state index in [1.54, 1.807) is 24.3 Å². The number of fused-ring (bicyclic) bond motifs is 2. The van der Waals surface area contributed by atoms with Crippen molar-refractivity contribution in [1.29, 1.82) is 0 Å². The minimum Gasteiger partial charge on any atom is -0.494 e. The average molecular weight is 295 g/mol. The van der Waals surface area contributed by atoms with Crippen molar-refractivity contribution >= 4 is 10.0 Å². The first kappa shape index (κ1) is 13.9. The molecule has 2 bridgehead atoms. The van der Waals surface area contributed by atoms with Crippen molar-refractivity contribution in [3.8, 4) is 5.75 Å². The van der Waals surface area contributed by atoms with Gasteiger partial charge in [-0.15, -0.1) is 0 Å². The molecule has 5 heteroatoms. The van der Waals surface area contributed by atoms with Crippen molar-refractivity contribution < 1.29 is 13.2 Å². The summed E-state index contributed by atoms with van der Waals surface area (Å²) in [5.74, 6) is 1.97. The van der Waals surface area contributed by atoms with Crippen LogP contribution < -0.4 is 9.46 Å². The third kappa shape index (κ3) is 2.69. The molecule has 0 spiro atoms. The van der Waals surface area contributed by atoms with Gasteiger partial charge in [0.2, 0.25) is 10.0 Å². The zero-order chi connectivity index (χ0) is 14.2. The zero-order valence-electron chi connectivity index (χ0n) is 11.7. The number of rotatable bonds is 5. The van der Waals surface area contributed by atoms with Crippen LogP contribution in [0.5, 0.6) is 5.75 Å². The molecule has 2 aliphatic carbocycles. The van der Waals surface area contributed by atoms with E-state index in [-0.39, 0.29) is 6.04 Å². The lowest BCUT2D eigenvalue weighted by Gasteiger charge is -2.22. The lowest BCUT2D eigenvalue weighted by molar-refractivity contribution is 0.340. The van der Waals surface area contributed by atoms with Crippen molar-refractivity contribution in [2.45, 2.75) is 43.5 Å². The number of hydrogen-bond acceptors (Lipinski definition) is 3. The smallest absolute Gasteiger partial charge is 0.240 e. The highest BCUT2D eigenvalue weighted by atomic mass is 32.2. The summed E-state index contributed by atoms with van der Waals surface area (Å²) >= 11 is 0. The molecule has 1 aromatic rings. The van der Waals surface area contributed by atoms with Crippen LogP contribution in [-0.4, -0.2) is 21.1 Å². The van der Waals surface area contributed by atoms with Crippen LogP contribution in [0.4, 0.5) is 0 Å². The molecule has 20 heavy (non-hydrogen) atoms. The molecule has 0 unspecified atom stereocenters. The predicted octanol–water partition coefficient (Wildman–Crippen LogP) is 2.55. The zero-order valence-corrected chi connectivity index (χ0v) is 12.5. The van der Waals surface area contributed by atoms with Crippen molar-refractivity contribution in [3.63, 3.8) is 0 Å². The van der Waals surface area contributed by atoms with Gasteiger partial charge < -0.3 is 4.74 Å². The molecule has 1 N–H and O–H groups in total. The summed E-state index contributed by atoms with van der Waals surface area (Å²) in [4.78, 5) is 0.323. The van der Waals surface area contributed by atoms with E-state index in [0.717, 1.165) is 12.3 Å². The highest BCUT2D eigenvalue weighted by molar-refractivity contribution is 7.89. The number of hydrogen-bond donors (Lipinski definition) is 1. The second-order valence-corrected chi connectivity index (χ2v) is 7.52. The number of nitrogens with one attached hydrogen (secondary N) is 1. The first-order valence-corrected chi connectivity index (χ1v) is 8.82. The summed E-state index contributed by atoms with van der Waals surface area (Å²) in [6.07, 6.45) is 4.63. The predicted molar refractivity (Wildman–Crippen MR) is 77.2 cm³/mol. The molecule has 0 aliphatic heterocycles. The molecular formula is C15H21NO3S. The van der Waals surface area contributed by atoms with Gasteiger partial charge in [0.1, 0.15) is 5.75 Å². The minimum atomic E-state index is -3.40. The second-order valence-electron chi connectivity index (χ2n) is 5.81. The van der Waals surface area contributed by atoms with Gasteiger partial charge >= 0.3 is 0 Å². The Kier molecular flexibility index (Phi) is 3.73. The third-order valence-electron chi connectivity index (χ3n) is 4.49. The van der Waals surface area contributed by atoms with Gasteiger partial charge in [-0.2, -0.15) is 0 Å². The van der Waals surface area contributed by atoms with Crippen LogP contribution in [0.2, 0.25) is 0 Å². The largest absolute Gasteiger partial charge is 0.494 e. The molecule has 3 rings (SSSR count). The molecule has 3 atom stereocenters. The molecule has 0 saturated heterocycles. The molecule has 2 aliphatic rings. The Balaban J connectivity index is 1.71. The summed E-state index contributed by atoms with van der Waals surface area (Å²) in [5.41, 5.74) is 0. The van der Waals surface area contributed by atoms with E-state index in [9.17, 15) is 8.42 Å². The Morgan fingerprint density at radius 1 is 1.20 bits per heavy atom. The molecule has 4 nitrogen and oxygen atoms in total. The standard InChI is InChI=1S/C15H21NO3S/c1-2-19-13-5-7-14(8-6-13)20(17,18)16-15-10-11-3-4-12(15)9-11/h5-8,11-12,15-16H,2-4,9-10H2,1H3/t11-,12+,15-/m0/s1. The Bertz CT molecular complexity index is 567. The fraction of sp³-hybridized carbons (Fsp3) is 0.600. The van der Waals surface area contributed by atoms with E-state index < -0.39 is 10.0 Å². The fourth-order valence-electron chi connectivity index (χ4n) is 3.54. The number of ether oxygens (including phenoxy) is 1. The van der Waals surface area contributed by atoms with E-state index >= 15 is 0 Å². The molecule has 2 fully saturated rings. The number of benzene rings is 1. The van der Waals surface area contributed by atoms with Gasteiger partial charge in [-0.25, -0.2) is 13.1 Å². The van der Waals surface area contributed by atoms with E-state index in [1.807, 2.05) is 6.92 Å². The SMILES string of the molecule is CCOc1ccc(S(=O)(=O)N[C@H]2C[C@H]3CC[C@@H]2C3)cc1. The van der Waals surface area contributed by atoms with Crippen LogP contribution in [-0.2, 0) is 10.0 Å². The molecule has 0 heterocycles. The summed E-state index contributed by atoms with van der Waals surface area (Å²) in [5, 5.41) is 0. The maximum absolute atomic E-state index is 12.4. The topological polar surface area (TPSA) is 55.4 Å². The van der Waals surface area contributed by atoms with E-state index in [2.05, 4.69) is 4.72 Å². The van der Waals surface area contributed by atoms with E-state index in [1.165, 1.54) is 19.3 Å². The molecule has 1 aromatic carbocycles. The maximum Gasteiger partial charge on any atom is 0.240 e. The Morgan fingerprint density at radius 3 is 2.50 bits per heavy atom. The lowest BCUT2D eigenvalue weighted by atomic mass is 9.96. The average Bonchev–Trinajstić information content (AvgIpc) is 3.01. The van der Waals surface area contributed by atoms with Crippen LogP contribution in [0.15, 0.2) is 29.2 Å². The van der Waals surface area contributed by atoms with E-state index in [4.69, 9.17) is 4.74 Å². The van der Waals surface area contributed by atoms with Crippen LogP contribution >= 0.6 is 0 Å². The molecule has 0 aromatic heterocycles. The summed E-state index contributed by atoms with van der Waals surface area (Å²) in [6.45, 7) is 2.48. The highest BCUT2D eigenvalue weighted by Crippen LogP contribution is 2.44. The van der Waals surface area contributed by atoms with Gasteiger partial charge in [0.25, 0.3) is 0 Å². The normalized spacial score (nSPS) is 28.8. The van der Waals surface area contributed by atoms with Crippen molar-refractivity contribution in [1.82, 2.24) is 4.72 Å². The quantitative estimate of drug-likeness (QED) is 0.908. The van der Waals surface area contributed by atoms with Gasteiger partial charge in [0, 0.05) is 6.04 Å². The first-order valence-electron chi connectivity index (χ1n) is 7.33. The van der Waals surface area contributed by atoms with Crippen LogP contribution in [0, 0.1) is 11.8 Å². The van der Waals surface area contributed by atoms with Gasteiger partial charge in [-0.1, -0.05) is 6.42 Å². The third-order valence-corrected chi connectivity index (χ3v) is 6.00. The minimum absolute atomic E-state index is 0.130. The summed E-state index contributed by atoms with van der Waals surface area (Å²) in [6, 6.07) is 6.77. The van der Waals surface area contributed by atoms with Crippen LogP contribution in [0.25, 0.3) is 0 Å². The van der Waals surface area contributed by atoms with Gasteiger partial charge in [0.05, 0.1) is 11.5 Å². The molecular weight excluding hydrogens is 274 g/mol.